The maximum Gasteiger partial charge on any atom is 0.136 e. The summed E-state index contributed by atoms with van der Waals surface area (Å²) in [6.45, 7) is 4.17. The molecule has 1 aromatic heterocycles. The lowest BCUT2D eigenvalue weighted by Crippen LogP contribution is -1.76. The van der Waals surface area contributed by atoms with E-state index in [1.54, 1.807) is 0 Å². The average Bonchev–Trinajstić information content (AvgIpc) is 2.56. The van der Waals surface area contributed by atoms with Gasteiger partial charge in [-0.1, -0.05) is 28.9 Å². The highest BCUT2D eigenvalue weighted by molar-refractivity contribution is 14.1. The molecule has 84 valence electrons. The second-order valence-electron chi connectivity index (χ2n) is 3.63. The lowest BCUT2D eigenvalue weighted by atomic mass is 10.1. The smallest absolute Gasteiger partial charge is 0.136 e. The van der Waals surface area contributed by atoms with Crippen molar-refractivity contribution in [2.24, 2.45) is 0 Å². The lowest BCUT2D eigenvalue weighted by Gasteiger charge is -1.97. The minimum absolute atomic E-state index is 0.943. The highest BCUT2D eigenvalue weighted by Crippen LogP contribution is 2.34. The van der Waals surface area contributed by atoms with Crippen molar-refractivity contribution in [1.82, 2.24) is 0 Å². The zero-order valence-corrected chi connectivity index (χ0v) is 12.9. The molecule has 0 amide bonds. The Kier molecular flexibility index (Phi) is 3.74. The van der Waals surface area contributed by atoms with E-state index in [2.05, 4.69) is 51.5 Å². The first kappa shape index (κ1) is 12.2. The van der Waals surface area contributed by atoms with Gasteiger partial charge in [-0.2, -0.15) is 0 Å². The van der Waals surface area contributed by atoms with Crippen LogP contribution >= 0.6 is 38.5 Å². The third-order valence-corrected chi connectivity index (χ3v) is 4.26. The van der Waals surface area contributed by atoms with Crippen LogP contribution in [0.5, 0.6) is 0 Å². The second-order valence-corrected chi connectivity index (χ2v) is 5.87. The summed E-state index contributed by atoms with van der Waals surface area (Å²) in [5.41, 5.74) is 2.13. The van der Waals surface area contributed by atoms with Crippen molar-refractivity contribution < 1.29 is 4.42 Å². The van der Waals surface area contributed by atoms with Gasteiger partial charge in [-0.15, -0.1) is 0 Å². The predicted octanol–water partition coefficient (Wildman–Crippen LogP) is 5.69. The van der Waals surface area contributed by atoms with Crippen LogP contribution in [0.15, 0.2) is 30.7 Å². The molecule has 16 heavy (non-hydrogen) atoms. The van der Waals surface area contributed by atoms with Gasteiger partial charge < -0.3 is 4.42 Å². The highest BCUT2D eigenvalue weighted by Gasteiger charge is 2.11. The minimum atomic E-state index is 0.943. The van der Waals surface area contributed by atoms with E-state index >= 15 is 0 Å². The van der Waals surface area contributed by atoms with E-state index < -0.39 is 0 Å². The molecule has 0 aliphatic rings. The number of hydrogen-bond donors (Lipinski definition) is 0. The van der Waals surface area contributed by atoms with Crippen LogP contribution < -0.4 is 0 Å². The molecule has 3 heteroatoms. The molecule has 0 saturated carbocycles. The maximum absolute atomic E-state index is 5.75. The number of halogens is 2. The van der Waals surface area contributed by atoms with Crippen LogP contribution in [0, 0.1) is 6.92 Å². The summed E-state index contributed by atoms with van der Waals surface area (Å²) in [5, 5.41) is 1.17. The molecule has 0 atom stereocenters. The van der Waals surface area contributed by atoms with Crippen LogP contribution in [0.2, 0.25) is 0 Å². The van der Waals surface area contributed by atoms with E-state index in [1.165, 1.54) is 14.5 Å². The van der Waals surface area contributed by atoms with Crippen molar-refractivity contribution in [2.75, 3.05) is 0 Å². The van der Waals surface area contributed by atoms with Gasteiger partial charge in [-0.25, -0.2) is 0 Å². The molecule has 0 bridgehead atoms. The largest absolute Gasteiger partial charge is 0.461 e. The Labute approximate surface area is 117 Å². The van der Waals surface area contributed by atoms with E-state index in [1.807, 2.05) is 25.1 Å². The molecular weight excluding hydrogens is 379 g/mol. The molecule has 1 aromatic carbocycles. The molecule has 0 spiro atoms. The normalized spacial score (nSPS) is 12.4. The first-order valence-electron chi connectivity index (χ1n) is 5.17. The number of aryl methyl sites for hydroxylation is 1. The van der Waals surface area contributed by atoms with Crippen LogP contribution in [-0.2, 0) is 0 Å². The fourth-order valence-corrected chi connectivity index (χ4v) is 2.55. The summed E-state index contributed by atoms with van der Waals surface area (Å²) in [6, 6.07) is 6.05. The summed E-state index contributed by atoms with van der Waals surface area (Å²) in [4.78, 5) is 0. The van der Waals surface area contributed by atoms with E-state index in [0.29, 0.717) is 0 Å². The van der Waals surface area contributed by atoms with Gasteiger partial charge in [-0.05, 0) is 57.7 Å². The molecule has 0 aliphatic carbocycles. The zero-order valence-electron chi connectivity index (χ0n) is 9.18. The predicted molar refractivity (Wildman–Crippen MR) is 80.9 cm³/mol. The number of furan rings is 1. The van der Waals surface area contributed by atoms with Crippen molar-refractivity contribution in [3.05, 3.63) is 37.6 Å². The molecule has 1 heterocycles. The van der Waals surface area contributed by atoms with E-state index in [9.17, 15) is 0 Å². The Bertz CT molecular complexity index is 554. The van der Waals surface area contributed by atoms with Crippen molar-refractivity contribution in [3.63, 3.8) is 0 Å². The van der Waals surface area contributed by atoms with E-state index in [4.69, 9.17) is 4.42 Å². The number of allylic oxidation sites excluding steroid dienone is 1. The molecule has 0 aliphatic heterocycles. The van der Waals surface area contributed by atoms with Crippen LogP contribution in [0.3, 0.4) is 0 Å². The molecule has 0 fully saturated rings. The van der Waals surface area contributed by atoms with Gasteiger partial charge in [0.15, 0.2) is 0 Å². The van der Waals surface area contributed by atoms with Crippen molar-refractivity contribution >= 4 is 55.6 Å². The van der Waals surface area contributed by atoms with Crippen molar-refractivity contribution in [1.29, 1.82) is 0 Å². The maximum atomic E-state index is 5.75. The molecule has 0 radical (unpaired) electrons. The average molecular weight is 391 g/mol. The van der Waals surface area contributed by atoms with E-state index in [0.717, 1.165) is 22.2 Å². The summed E-state index contributed by atoms with van der Waals surface area (Å²) in [5.74, 6) is 0.976. The Morgan fingerprint density at radius 1 is 1.50 bits per heavy atom. The van der Waals surface area contributed by atoms with Crippen LogP contribution in [-0.4, -0.2) is 0 Å². The molecular formula is C13H12BrIO. The van der Waals surface area contributed by atoms with Crippen molar-refractivity contribution in [2.45, 2.75) is 20.3 Å². The highest BCUT2D eigenvalue weighted by atomic mass is 127. The Hall–Kier alpha value is -0.290. The van der Waals surface area contributed by atoms with Gasteiger partial charge in [0.25, 0.3) is 0 Å². The van der Waals surface area contributed by atoms with Crippen molar-refractivity contribution in [3.8, 4) is 0 Å². The summed E-state index contributed by atoms with van der Waals surface area (Å²) in [6.07, 6.45) is 3.25. The summed E-state index contributed by atoms with van der Waals surface area (Å²) < 4.78 is 8.17. The van der Waals surface area contributed by atoms with Crippen LogP contribution in [0.1, 0.15) is 24.7 Å². The molecule has 0 unspecified atom stereocenters. The Morgan fingerprint density at radius 3 is 2.94 bits per heavy atom. The van der Waals surface area contributed by atoms with Crippen LogP contribution in [0.25, 0.3) is 17.0 Å². The molecule has 0 N–H and O–H groups in total. The SMILES string of the molecule is CC/C(I)=C\c1c(C)oc2cccc(Br)c12. The molecule has 1 nitrogen and oxygen atoms in total. The lowest BCUT2D eigenvalue weighted by molar-refractivity contribution is 0.577. The Balaban J connectivity index is 2.73. The zero-order chi connectivity index (χ0) is 11.7. The summed E-state index contributed by atoms with van der Waals surface area (Å²) in [7, 11) is 0. The number of rotatable bonds is 2. The van der Waals surface area contributed by atoms with Gasteiger partial charge in [0.1, 0.15) is 11.3 Å². The van der Waals surface area contributed by atoms with Gasteiger partial charge in [-0.3, -0.25) is 0 Å². The van der Waals surface area contributed by atoms with E-state index in [-0.39, 0.29) is 0 Å². The first-order valence-corrected chi connectivity index (χ1v) is 7.04. The molecule has 2 rings (SSSR count). The topological polar surface area (TPSA) is 13.1 Å². The molecule has 2 aromatic rings. The summed E-state index contributed by atoms with van der Waals surface area (Å²) >= 11 is 5.95. The van der Waals surface area contributed by atoms with Gasteiger partial charge in [0, 0.05) is 15.4 Å². The van der Waals surface area contributed by atoms with Crippen LogP contribution in [0.4, 0.5) is 0 Å². The third-order valence-electron chi connectivity index (χ3n) is 2.53. The fraction of sp³-hybridized carbons (Fsp3) is 0.231. The van der Waals surface area contributed by atoms with Gasteiger partial charge in [0.05, 0.1) is 0 Å². The first-order chi connectivity index (χ1) is 7.63. The molecule has 0 saturated heterocycles. The Morgan fingerprint density at radius 2 is 2.25 bits per heavy atom. The minimum Gasteiger partial charge on any atom is -0.461 e. The fourth-order valence-electron chi connectivity index (χ4n) is 1.68. The second kappa shape index (κ2) is 4.92. The third kappa shape index (κ3) is 2.20. The number of fused-ring (bicyclic) bond motifs is 1. The van der Waals surface area contributed by atoms with Gasteiger partial charge in [0.2, 0.25) is 0 Å². The standard InChI is InChI=1S/C13H12BrIO/c1-3-9(15)7-10-8(2)16-12-6-4-5-11(14)13(10)12/h4-7H,3H2,1-2H3/b9-7+. The monoisotopic (exact) mass is 390 g/mol. The van der Waals surface area contributed by atoms with Gasteiger partial charge >= 0.3 is 0 Å². The number of hydrogen-bond acceptors (Lipinski definition) is 1. The number of benzene rings is 1. The quantitative estimate of drug-likeness (QED) is 0.600.